The van der Waals surface area contributed by atoms with Gasteiger partial charge in [-0.1, -0.05) is 12.1 Å². The first kappa shape index (κ1) is 15.8. The normalized spacial score (nSPS) is 10.9. The van der Waals surface area contributed by atoms with E-state index in [0.29, 0.717) is 24.5 Å². The number of hydrogen-bond acceptors (Lipinski definition) is 4. The third-order valence-corrected chi connectivity index (χ3v) is 4.00. The van der Waals surface area contributed by atoms with E-state index < -0.39 is 0 Å². The molecule has 7 heteroatoms. The molecule has 0 atom stereocenters. The Kier molecular flexibility index (Phi) is 4.07. The van der Waals surface area contributed by atoms with E-state index in [4.69, 9.17) is 5.73 Å². The first-order chi connectivity index (χ1) is 11.5. The van der Waals surface area contributed by atoms with Gasteiger partial charge in [0.1, 0.15) is 17.3 Å². The van der Waals surface area contributed by atoms with Gasteiger partial charge in [0.25, 0.3) is 11.5 Å². The summed E-state index contributed by atoms with van der Waals surface area (Å²) in [6.07, 6.45) is 0.398. The van der Waals surface area contributed by atoms with E-state index in [1.807, 2.05) is 42.8 Å². The van der Waals surface area contributed by atoms with Crippen molar-refractivity contribution in [2.24, 2.45) is 7.05 Å². The summed E-state index contributed by atoms with van der Waals surface area (Å²) in [5.74, 6) is 0.455. The molecule has 0 radical (unpaired) electrons. The lowest BCUT2D eigenvalue weighted by Crippen LogP contribution is -2.28. The maximum atomic E-state index is 12.4. The smallest absolute Gasteiger partial charge is 0.267 e. The number of anilines is 1. The van der Waals surface area contributed by atoms with Gasteiger partial charge in [0.05, 0.1) is 0 Å². The fraction of sp³-hybridized carbons (Fsp3) is 0.235. The predicted octanol–water partition coefficient (Wildman–Crippen LogP) is 1.12. The van der Waals surface area contributed by atoms with Crippen LogP contribution in [0.25, 0.3) is 10.9 Å². The number of carbonyl (C=O) groups excluding carboxylic acids is 1. The van der Waals surface area contributed by atoms with Crippen molar-refractivity contribution in [2.75, 3.05) is 12.3 Å². The van der Waals surface area contributed by atoms with E-state index >= 15 is 0 Å². The van der Waals surface area contributed by atoms with Crippen LogP contribution in [0.1, 0.15) is 21.9 Å². The summed E-state index contributed by atoms with van der Waals surface area (Å²) in [7, 11) is 1.87. The first-order valence-electron chi connectivity index (χ1n) is 7.64. The Balaban J connectivity index is 1.72. The van der Waals surface area contributed by atoms with Crippen molar-refractivity contribution in [2.45, 2.75) is 13.3 Å². The van der Waals surface area contributed by atoms with Crippen molar-refractivity contribution in [3.8, 4) is 0 Å². The second kappa shape index (κ2) is 6.19. The van der Waals surface area contributed by atoms with Gasteiger partial charge in [-0.05, 0) is 24.6 Å². The highest BCUT2D eigenvalue weighted by atomic mass is 16.2. The molecule has 0 saturated carbocycles. The van der Waals surface area contributed by atoms with E-state index in [-0.39, 0.29) is 17.3 Å². The van der Waals surface area contributed by atoms with Crippen LogP contribution in [-0.4, -0.2) is 27.0 Å². The van der Waals surface area contributed by atoms with Crippen LogP contribution in [0.3, 0.4) is 0 Å². The van der Waals surface area contributed by atoms with Crippen molar-refractivity contribution in [3.05, 3.63) is 57.8 Å². The predicted molar refractivity (Wildman–Crippen MR) is 93.0 cm³/mol. The van der Waals surface area contributed by atoms with Crippen LogP contribution in [0.5, 0.6) is 0 Å². The highest BCUT2D eigenvalue weighted by molar-refractivity contribution is 5.99. The average molecular weight is 325 g/mol. The Hall–Kier alpha value is -3.09. The fourth-order valence-electron chi connectivity index (χ4n) is 2.76. The molecule has 2 heterocycles. The Morgan fingerprint density at radius 3 is 2.88 bits per heavy atom. The second-order valence-corrected chi connectivity index (χ2v) is 5.72. The van der Waals surface area contributed by atoms with E-state index in [2.05, 4.69) is 15.3 Å². The lowest BCUT2D eigenvalue weighted by atomic mass is 10.1. The molecule has 0 saturated heterocycles. The maximum Gasteiger partial charge on any atom is 0.267 e. The molecule has 0 fully saturated rings. The standard InChI is InChI=1S/C17H19N5O2/c1-10-4-3-5-12-11(10)8-13(22(12)2)17(24)19-7-6-15-20-14(18)9-16(23)21-15/h3-5,8-9H,6-7H2,1-2H3,(H,19,24)(H3,18,20,21,23). The Labute approximate surface area is 138 Å². The van der Waals surface area contributed by atoms with Crippen LogP contribution >= 0.6 is 0 Å². The van der Waals surface area contributed by atoms with Crippen molar-refractivity contribution in [1.29, 1.82) is 0 Å². The minimum Gasteiger partial charge on any atom is -0.383 e. The van der Waals surface area contributed by atoms with Crippen LogP contribution in [0.4, 0.5) is 5.82 Å². The molecule has 0 aliphatic carbocycles. The molecule has 4 N–H and O–H groups in total. The summed E-state index contributed by atoms with van der Waals surface area (Å²) in [5.41, 5.74) is 7.97. The number of fused-ring (bicyclic) bond motifs is 1. The zero-order valence-electron chi connectivity index (χ0n) is 13.6. The van der Waals surface area contributed by atoms with Gasteiger partial charge in [-0.3, -0.25) is 9.59 Å². The number of amides is 1. The van der Waals surface area contributed by atoms with E-state index in [1.165, 1.54) is 6.07 Å². The molecule has 2 aromatic heterocycles. The summed E-state index contributed by atoms with van der Waals surface area (Å²) in [6, 6.07) is 9.09. The number of aryl methyl sites for hydroxylation is 2. The summed E-state index contributed by atoms with van der Waals surface area (Å²) < 4.78 is 1.87. The van der Waals surface area contributed by atoms with Crippen LogP contribution < -0.4 is 16.6 Å². The number of hydrogen-bond donors (Lipinski definition) is 3. The summed E-state index contributed by atoms with van der Waals surface area (Å²) in [5, 5.41) is 3.91. The van der Waals surface area contributed by atoms with Gasteiger partial charge in [0.2, 0.25) is 0 Å². The molecule has 1 amide bonds. The number of nitrogens with one attached hydrogen (secondary N) is 2. The molecule has 0 aliphatic rings. The third-order valence-electron chi connectivity index (χ3n) is 4.00. The largest absolute Gasteiger partial charge is 0.383 e. The number of nitrogen functional groups attached to an aromatic ring is 1. The van der Waals surface area contributed by atoms with Crippen LogP contribution in [-0.2, 0) is 13.5 Å². The molecule has 0 aliphatic heterocycles. The zero-order chi connectivity index (χ0) is 17.3. The zero-order valence-corrected chi connectivity index (χ0v) is 13.6. The number of aromatic nitrogens is 3. The Morgan fingerprint density at radius 2 is 2.17 bits per heavy atom. The molecule has 7 nitrogen and oxygen atoms in total. The lowest BCUT2D eigenvalue weighted by Gasteiger charge is -2.06. The van der Waals surface area contributed by atoms with Crippen molar-refractivity contribution in [1.82, 2.24) is 19.9 Å². The van der Waals surface area contributed by atoms with Gasteiger partial charge in [-0.25, -0.2) is 4.98 Å². The summed E-state index contributed by atoms with van der Waals surface area (Å²) in [6.45, 7) is 2.37. The number of H-pyrrole nitrogens is 1. The van der Waals surface area contributed by atoms with Gasteiger partial charge < -0.3 is 20.6 Å². The van der Waals surface area contributed by atoms with Crippen molar-refractivity contribution in [3.63, 3.8) is 0 Å². The Morgan fingerprint density at radius 1 is 1.38 bits per heavy atom. The molecule has 1 aromatic carbocycles. The topological polar surface area (TPSA) is 106 Å². The summed E-state index contributed by atoms with van der Waals surface area (Å²) in [4.78, 5) is 30.4. The number of carbonyl (C=O) groups is 1. The maximum absolute atomic E-state index is 12.4. The quantitative estimate of drug-likeness (QED) is 0.668. The number of benzene rings is 1. The molecule has 0 unspecified atom stereocenters. The number of nitrogens with zero attached hydrogens (tertiary/aromatic N) is 2. The Bertz CT molecular complexity index is 971. The van der Waals surface area contributed by atoms with Gasteiger partial charge >= 0.3 is 0 Å². The molecule has 0 bridgehead atoms. The third kappa shape index (κ3) is 3.01. The van der Waals surface area contributed by atoms with Crippen LogP contribution in [0.2, 0.25) is 0 Å². The molecule has 124 valence electrons. The lowest BCUT2D eigenvalue weighted by molar-refractivity contribution is 0.0946. The van der Waals surface area contributed by atoms with Crippen LogP contribution in [0, 0.1) is 6.92 Å². The van der Waals surface area contributed by atoms with Crippen LogP contribution in [0.15, 0.2) is 35.1 Å². The highest BCUT2D eigenvalue weighted by Gasteiger charge is 2.14. The van der Waals surface area contributed by atoms with E-state index in [1.54, 1.807) is 0 Å². The van der Waals surface area contributed by atoms with Gasteiger partial charge in [0, 0.05) is 37.0 Å². The summed E-state index contributed by atoms with van der Waals surface area (Å²) >= 11 is 0. The number of rotatable bonds is 4. The van der Waals surface area contributed by atoms with Crippen molar-refractivity contribution >= 4 is 22.6 Å². The molecular weight excluding hydrogens is 306 g/mol. The fourth-order valence-corrected chi connectivity index (χ4v) is 2.76. The minimum atomic E-state index is -0.298. The van der Waals surface area contributed by atoms with E-state index in [9.17, 15) is 9.59 Å². The van der Waals surface area contributed by atoms with Gasteiger partial charge in [-0.2, -0.15) is 0 Å². The molecule has 3 aromatic rings. The highest BCUT2D eigenvalue weighted by Crippen LogP contribution is 2.21. The monoisotopic (exact) mass is 325 g/mol. The number of aromatic amines is 1. The minimum absolute atomic E-state index is 0.167. The first-order valence-corrected chi connectivity index (χ1v) is 7.64. The average Bonchev–Trinajstić information content (AvgIpc) is 2.85. The number of nitrogens with two attached hydrogens (primary N) is 1. The van der Waals surface area contributed by atoms with Gasteiger partial charge in [-0.15, -0.1) is 0 Å². The van der Waals surface area contributed by atoms with E-state index in [0.717, 1.165) is 16.5 Å². The van der Waals surface area contributed by atoms with Crippen molar-refractivity contribution < 1.29 is 4.79 Å². The van der Waals surface area contributed by atoms with Gasteiger partial charge in [0.15, 0.2) is 0 Å². The molecule has 24 heavy (non-hydrogen) atoms. The molecule has 0 spiro atoms. The SMILES string of the molecule is Cc1cccc2c1cc(C(=O)NCCc1nc(N)cc(=O)[nH]1)n2C. The molecular formula is C17H19N5O2. The molecule has 3 rings (SSSR count). The second-order valence-electron chi connectivity index (χ2n) is 5.72.